The third-order valence-corrected chi connectivity index (χ3v) is 5.90. The minimum absolute atomic E-state index is 0.263. The molecular formula is C25H31N5O. The van der Waals surface area contributed by atoms with Crippen molar-refractivity contribution in [1.29, 1.82) is 0 Å². The van der Waals surface area contributed by atoms with Crippen LogP contribution < -0.4 is 10.6 Å². The Balaban J connectivity index is 1.28. The number of benzene rings is 2. The molecule has 0 saturated carbocycles. The van der Waals surface area contributed by atoms with E-state index >= 15 is 0 Å². The van der Waals surface area contributed by atoms with E-state index in [1.165, 1.54) is 33.2 Å². The molecule has 0 atom stereocenters. The number of nitrogens with one attached hydrogen (secondary N) is 3. The SMILES string of the molecule is CN=C(NCCc1c[nH]c2cccc(C)c12)NCc1cccc(CN2CCCC2=O)c1. The maximum atomic E-state index is 11.9. The predicted molar refractivity (Wildman–Crippen MR) is 126 cm³/mol. The number of aliphatic imine (C=N–C) groups is 1. The Morgan fingerprint density at radius 1 is 1.16 bits per heavy atom. The van der Waals surface area contributed by atoms with Gasteiger partial charge in [-0.2, -0.15) is 0 Å². The molecular weight excluding hydrogens is 386 g/mol. The molecule has 0 radical (unpaired) electrons. The van der Waals surface area contributed by atoms with E-state index in [1.807, 2.05) is 4.90 Å². The lowest BCUT2D eigenvalue weighted by molar-refractivity contribution is -0.128. The first-order valence-corrected chi connectivity index (χ1v) is 11.0. The Labute approximate surface area is 183 Å². The Bertz CT molecular complexity index is 1080. The summed E-state index contributed by atoms with van der Waals surface area (Å²) in [5.74, 6) is 1.05. The highest BCUT2D eigenvalue weighted by Gasteiger charge is 2.19. The van der Waals surface area contributed by atoms with Gasteiger partial charge in [0.05, 0.1) is 0 Å². The lowest BCUT2D eigenvalue weighted by atomic mass is 10.1. The van der Waals surface area contributed by atoms with E-state index in [0.29, 0.717) is 19.5 Å². The van der Waals surface area contributed by atoms with Crippen LogP contribution in [0.4, 0.5) is 0 Å². The second kappa shape index (κ2) is 9.69. The van der Waals surface area contributed by atoms with E-state index in [-0.39, 0.29) is 5.91 Å². The van der Waals surface area contributed by atoms with Gasteiger partial charge in [0.25, 0.3) is 0 Å². The summed E-state index contributed by atoms with van der Waals surface area (Å²) in [4.78, 5) is 21.5. The highest BCUT2D eigenvalue weighted by Crippen LogP contribution is 2.22. The van der Waals surface area contributed by atoms with Gasteiger partial charge in [0, 0.05) is 56.7 Å². The lowest BCUT2D eigenvalue weighted by Crippen LogP contribution is -2.37. The molecule has 1 amide bonds. The molecule has 31 heavy (non-hydrogen) atoms. The van der Waals surface area contributed by atoms with Crippen molar-refractivity contribution in [2.45, 2.75) is 39.3 Å². The zero-order chi connectivity index (χ0) is 21.6. The quantitative estimate of drug-likeness (QED) is 0.407. The molecule has 1 aromatic heterocycles. The average molecular weight is 418 g/mol. The number of guanidine groups is 1. The number of carbonyl (C=O) groups is 1. The summed E-state index contributed by atoms with van der Waals surface area (Å²) in [6.45, 7) is 5.21. The highest BCUT2D eigenvalue weighted by molar-refractivity contribution is 5.86. The third kappa shape index (κ3) is 5.08. The molecule has 0 bridgehead atoms. The van der Waals surface area contributed by atoms with Crippen molar-refractivity contribution in [3.05, 3.63) is 70.9 Å². The summed E-state index contributed by atoms with van der Waals surface area (Å²) in [6.07, 6.45) is 4.68. The molecule has 0 aliphatic carbocycles. The van der Waals surface area contributed by atoms with E-state index < -0.39 is 0 Å². The normalized spacial score (nSPS) is 14.5. The largest absolute Gasteiger partial charge is 0.361 e. The maximum Gasteiger partial charge on any atom is 0.222 e. The van der Waals surface area contributed by atoms with Crippen molar-refractivity contribution in [1.82, 2.24) is 20.5 Å². The number of carbonyl (C=O) groups excluding carboxylic acids is 1. The molecule has 1 saturated heterocycles. The maximum absolute atomic E-state index is 11.9. The second-order valence-corrected chi connectivity index (χ2v) is 8.15. The fraction of sp³-hybridized carbons (Fsp3) is 0.360. The predicted octanol–water partition coefficient (Wildman–Crippen LogP) is 3.51. The van der Waals surface area contributed by atoms with E-state index in [1.54, 1.807) is 7.05 Å². The molecule has 162 valence electrons. The van der Waals surface area contributed by atoms with E-state index in [4.69, 9.17) is 0 Å². The number of likely N-dealkylation sites (tertiary alicyclic amines) is 1. The van der Waals surface area contributed by atoms with Gasteiger partial charge in [-0.25, -0.2) is 0 Å². The number of amides is 1. The van der Waals surface area contributed by atoms with Gasteiger partial charge in [0.15, 0.2) is 5.96 Å². The molecule has 0 spiro atoms. The molecule has 2 aromatic carbocycles. The van der Waals surface area contributed by atoms with Crippen LogP contribution in [0.15, 0.2) is 53.7 Å². The zero-order valence-corrected chi connectivity index (χ0v) is 18.4. The van der Waals surface area contributed by atoms with E-state index in [2.05, 4.69) is 76.2 Å². The first-order chi connectivity index (χ1) is 15.1. The molecule has 0 unspecified atom stereocenters. The monoisotopic (exact) mass is 417 g/mol. The summed E-state index contributed by atoms with van der Waals surface area (Å²) in [5.41, 5.74) is 6.16. The molecule has 3 aromatic rings. The van der Waals surface area contributed by atoms with Gasteiger partial charge >= 0.3 is 0 Å². The zero-order valence-electron chi connectivity index (χ0n) is 18.4. The minimum atomic E-state index is 0.263. The van der Waals surface area contributed by atoms with Crippen LogP contribution in [0.3, 0.4) is 0 Å². The van der Waals surface area contributed by atoms with E-state index in [9.17, 15) is 4.79 Å². The van der Waals surface area contributed by atoms with Gasteiger partial charge in [-0.05, 0) is 48.1 Å². The molecule has 2 heterocycles. The van der Waals surface area contributed by atoms with Crippen LogP contribution in [-0.4, -0.2) is 41.9 Å². The minimum Gasteiger partial charge on any atom is -0.361 e. The number of nitrogens with zero attached hydrogens (tertiary/aromatic N) is 2. The van der Waals surface area contributed by atoms with Crippen molar-refractivity contribution in [2.75, 3.05) is 20.1 Å². The summed E-state index contributed by atoms with van der Waals surface area (Å²) < 4.78 is 0. The second-order valence-electron chi connectivity index (χ2n) is 8.15. The third-order valence-electron chi connectivity index (χ3n) is 5.90. The Morgan fingerprint density at radius 2 is 2.00 bits per heavy atom. The summed E-state index contributed by atoms with van der Waals surface area (Å²) in [6, 6.07) is 14.8. The number of hydrogen-bond donors (Lipinski definition) is 3. The molecule has 3 N–H and O–H groups in total. The molecule has 1 aliphatic rings. The van der Waals surface area contributed by atoms with Crippen molar-refractivity contribution in [3.63, 3.8) is 0 Å². The van der Waals surface area contributed by atoms with Crippen molar-refractivity contribution >= 4 is 22.8 Å². The van der Waals surface area contributed by atoms with Crippen molar-refractivity contribution in [3.8, 4) is 0 Å². The van der Waals surface area contributed by atoms with Crippen LogP contribution in [-0.2, 0) is 24.3 Å². The molecule has 6 nitrogen and oxygen atoms in total. The van der Waals surface area contributed by atoms with Crippen LogP contribution in [0.1, 0.15) is 35.1 Å². The van der Waals surface area contributed by atoms with Gasteiger partial charge in [0.1, 0.15) is 0 Å². The number of aryl methyl sites for hydroxylation is 1. The van der Waals surface area contributed by atoms with Crippen LogP contribution >= 0.6 is 0 Å². The molecule has 1 aliphatic heterocycles. The van der Waals surface area contributed by atoms with Gasteiger partial charge in [-0.3, -0.25) is 9.79 Å². The number of H-pyrrole nitrogens is 1. The number of rotatable bonds is 7. The number of fused-ring (bicyclic) bond motifs is 1. The van der Waals surface area contributed by atoms with Gasteiger partial charge in [0.2, 0.25) is 5.91 Å². The molecule has 1 fully saturated rings. The summed E-state index contributed by atoms with van der Waals surface area (Å²) >= 11 is 0. The summed E-state index contributed by atoms with van der Waals surface area (Å²) in [7, 11) is 1.79. The Hall–Kier alpha value is -3.28. The van der Waals surface area contributed by atoms with Crippen molar-refractivity contribution < 1.29 is 4.79 Å². The van der Waals surface area contributed by atoms with Crippen LogP contribution in [0.5, 0.6) is 0 Å². The fourth-order valence-electron chi connectivity index (χ4n) is 4.30. The lowest BCUT2D eigenvalue weighted by Gasteiger charge is -2.16. The molecule has 4 rings (SSSR count). The number of hydrogen-bond acceptors (Lipinski definition) is 2. The van der Waals surface area contributed by atoms with Crippen LogP contribution in [0.2, 0.25) is 0 Å². The Kier molecular flexibility index (Phi) is 6.55. The van der Waals surface area contributed by atoms with Gasteiger partial charge in [-0.1, -0.05) is 36.4 Å². The fourth-order valence-corrected chi connectivity index (χ4v) is 4.30. The summed E-state index contributed by atoms with van der Waals surface area (Å²) in [5, 5.41) is 8.13. The Morgan fingerprint density at radius 3 is 2.81 bits per heavy atom. The average Bonchev–Trinajstić information content (AvgIpc) is 3.38. The molecule has 6 heteroatoms. The van der Waals surface area contributed by atoms with Gasteiger partial charge in [-0.15, -0.1) is 0 Å². The van der Waals surface area contributed by atoms with Crippen LogP contribution in [0, 0.1) is 6.92 Å². The highest BCUT2D eigenvalue weighted by atomic mass is 16.2. The standard InChI is InChI=1S/C25H31N5O/c1-18-6-3-9-22-24(18)21(16-28-22)11-12-27-25(26-2)29-15-19-7-4-8-20(14-19)17-30-13-5-10-23(30)31/h3-4,6-9,14,16,28H,5,10-13,15,17H2,1-2H3,(H2,26,27,29). The number of aromatic nitrogens is 1. The smallest absolute Gasteiger partial charge is 0.222 e. The topological polar surface area (TPSA) is 72.5 Å². The van der Waals surface area contributed by atoms with Crippen LogP contribution in [0.25, 0.3) is 10.9 Å². The van der Waals surface area contributed by atoms with E-state index in [0.717, 1.165) is 31.9 Å². The number of aromatic amines is 1. The van der Waals surface area contributed by atoms with Crippen molar-refractivity contribution in [2.24, 2.45) is 4.99 Å². The first kappa shape index (κ1) is 21.0. The first-order valence-electron chi connectivity index (χ1n) is 11.0. The van der Waals surface area contributed by atoms with Gasteiger partial charge < -0.3 is 20.5 Å².